The number of aryl methyl sites for hydroxylation is 1. The van der Waals surface area contributed by atoms with E-state index in [9.17, 15) is 12.8 Å². The van der Waals surface area contributed by atoms with E-state index in [1.54, 1.807) is 37.3 Å². The Kier molecular flexibility index (Phi) is 6.11. The SMILES string of the molecule is Cc1ccc(-c2noc(C(C)N3CCN(S(=O)(=O)c4ccccc4Cl)CC3)n2)cc1F. The van der Waals surface area contributed by atoms with Crippen LogP contribution in [0.25, 0.3) is 11.4 Å². The first-order valence-corrected chi connectivity index (χ1v) is 11.7. The van der Waals surface area contributed by atoms with Gasteiger partial charge >= 0.3 is 0 Å². The summed E-state index contributed by atoms with van der Waals surface area (Å²) in [7, 11) is -3.66. The highest BCUT2D eigenvalue weighted by Gasteiger charge is 2.32. The molecular formula is C21H22ClFN4O3S. The van der Waals surface area contributed by atoms with Crippen LogP contribution in [0.2, 0.25) is 5.02 Å². The molecule has 164 valence electrons. The second-order valence-electron chi connectivity index (χ2n) is 7.47. The van der Waals surface area contributed by atoms with Crippen LogP contribution in [-0.2, 0) is 10.0 Å². The van der Waals surface area contributed by atoms with Crippen molar-refractivity contribution in [2.75, 3.05) is 26.2 Å². The third-order valence-electron chi connectivity index (χ3n) is 5.50. The van der Waals surface area contributed by atoms with Crippen LogP contribution < -0.4 is 0 Å². The fourth-order valence-corrected chi connectivity index (χ4v) is 5.45. The molecule has 0 bridgehead atoms. The van der Waals surface area contributed by atoms with Gasteiger partial charge in [0.15, 0.2) is 0 Å². The Bertz CT molecular complexity index is 1190. The van der Waals surface area contributed by atoms with Crippen molar-refractivity contribution in [1.29, 1.82) is 0 Å². The van der Waals surface area contributed by atoms with Gasteiger partial charge in [0.25, 0.3) is 0 Å². The fourth-order valence-electron chi connectivity index (χ4n) is 3.53. The van der Waals surface area contributed by atoms with Crippen LogP contribution in [0.4, 0.5) is 4.39 Å². The van der Waals surface area contributed by atoms with Crippen LogP contribution >= 0.6 is 11.6 Å². The summed E-state index contributed by atoms with van der Waals surface area (Å²) in [6.45, 7) is 5.26. The van der Waals surface area contributed by atoms with Gasteiger partial charge in [0, 0.05) is 31.7 Å². The molecule has 2 heterocycles. The van der Waals surface area contributed by atoms with E-state index < -0.39 is 10.0 Å². The molecule has 1 aliphatic heterocycles. The maximum absolute atomic E-state index is 13.8. The third kappa shape index (κ3) is 4.36. The van der Waals surface area contributed by atoms with Gasteiger partial charge < -0.3 is 4.52 Å². The smallest absolute Gasteiger partial charge is 0.244 e. The molecule has 0 N–H and O–H groups in total. The highest BCUT2D eigenvalue weighted by molar-refractivity contribution is 7.89. The molecule has 2 aromatic carbocycles. The number of hydrogen-bond acceptors (Lipinski definition) is 6. The summed E-state index contributed by atoms with van der Waals surface area (Å²) in [5.74, 6) is 0.395. The number of sulfonamides is 1. The van der Waals surface area contributed by atoms with E-state index in [1.165, 1.54) is 16.4 Å². The number of halogens is 2. The zero-order chi connectivity index (χ0) is 22.2. The summed E-state index contributed by atoms with van der Waals surface area (Å²) in [5, 5.41) is 4.19. The molecule has 1 unspecified atom stereocenters. The van der Waals surface area contributed by atoms with Crippen molar-refractivity contribution in [2.24, 2.45) is 0 Å². The van der Waals surface area contributed by atoms with E-state index in [0.717, 1.165) is 0 Å². The van der Waals surface area contributed by atoms with E-state index in [4.69, 9.17) is 16.1 Å². The summed E-state index contributed by atoms with van der Waals surface area (Å²) in [5.41, 5.74) is 1.09. The highest BCUT2D eigenvalue weighted by Crippen LogP contribution is 2.28. The average Bonchev–Trinajstić information content (AvgIpc) is 3.26. The molecule has 1 atom stereocenters. The lowest BCUT2D eigenvalue weighted by atomic mass is 10.1. The maximum atomic E-state index is 13.8. The topological polar surface area (TPSA) is 79.5 Å². The highest BCUT2D eigenvalue weighted by atomic mass is 35.5. The molecule has 1 saturated heterocycles. The summed E-state index contributed by atoms with van der Waals surface area (Å²) in [6.07, 6.45) is 0. The number of hydrogen-bond donors (Lipinski definition) is 0. The van der Waals surface area contributed by atoms with Crippen molar-refractivity contribution in [3.63, 3.8) is 0 Å². The minimum absolute atomic E-state index is 0.116. The number of aromatic nitrogens is 2. The van der Waals surface area contributed by atoms with Gasteiger partial charge in [-0.3, -0.25) is 4.90 Å². The van der Waals surface area contributed by atoms with Crippen molar-refractivity contribution >= 4 is 21.6 Å². The fraction of sp³-hybridized carbons (Fsp3) is 0.333. The van der Waals surface area contributed by atoms with Crippen LogP contribution in [0.5, 0.6) is 0 Å². The molecular weight excluding hydrogens is 443 g/mol. The zero-order valence-electron chi connectivity index (χ0n) is 17.1. The molecule has 1 aromatic heterocycles. The summed E-state index contributed by atoms with van der Waals surface area (Å²) >= 11 is 6.09. The largest absolute Gasteiger partial charge is 0.337 e. The summed E-state index contributed by atoms with van der Waals surface area (Å²) < 4.78 is 46.5. The minimum atomic E-state index is -3.66. The van der Waals surface area contributed by atoms with Gasteiger partial charge in [-0.25, -0.2) is 12.8 Å². The van der Waals surface area contributed by atoms with Crippen LogP contribution in [0.3, 0.4) is 0 Å². The van der Waals surface area contributed by atoms with E-state index >= 15 is 0 Å². The molecule has 4 rings (SSSR count). The molecule has 1 fully saturated rings. The molecule has 0 radical (unpaired) electrons. The standard InChI is InChI=1S/C21H22ClFN4O3S/c1-14-7-8-16(13-18(14)23)20-24-21(30-25-20)15(2)26-9-11-27(12-10-26)31(28,29)19-6-4-3-5-17(19)22/h3-8,13,15H,9-12H2,1-2H3. The molecule has 0 amide bonds. The van der Waals surface area contributed by atoms with Crippen LogP contribution in [0.15, 0.2) is 51.9 Å². The Labute approximate surface area is 185 Å². The van der Waals surface area contributed by atoms with Gasteiger partial charge in [-0.05, 0) is 37.6 Å². The van der Waals surface area contributed by atoms with Crippen molar-refractivity contribution in [3.05, 3.63) is 64.8 Å². The van der Waals surface area contributed by atoms with Gasteiger partial charge in [-0.1, -0.05) is 41.0 Å². The Morgan fingerprint density at radius 3 is 2.52 bits per heavy atom. The zero-order valence-corrected chi connectivity index (χ0v) is 18.7. The van der Waals surface area contributed by atoms with Crippen molar-refractivity contribution in [2.45, 2.75) is 24.8 Å². The Morgan fingerprint density at radius 1 is 1.13 bits per heavy atom. The Morgan fingerprint density at radius 2 is 1.84 bits per heavy atom. The molecule has 3 aromatic rings. The third-order valence-corrected chi connectivity index (χ3v) is 7.90. The predicted octanol–water partition coefficient (Wildman–Crippen LogP) is 3.91. The number of rotatable bonds is 5. The molecule has 31 heavy (non-hydrogen) atoms. The molecule has 0 saturated carbocycles. The second kappa shape index (κ2) is 8.66. The first-order chi connectivity index (χ1) is 14.8. The van der Waals surface area contributed by atoms with Crippen LogP contribution in [0, 0.1) is 12.7 Å². The summed E-state index contributed by atoms with van der Waals surface area (Å²) in [4.78, 5) is 6.61. The normalized spacial score (nSPS) is 17.0. The van der Waals surface area contributed by atoms with Gasteiger partial charge in [0.2, 0.25) is 21.7 Å². The molecule has 1 aliphatic rings. The maximum Gasteiger partial charge on any atom is 0.244 e. The van der Waals surface area contributed by atoms with Gasteiger partial charge in [-0.2, -0.15) is 9.29 Å². The van der Waals surface area contributed by atoms with E-state index in [2.05, 4.69) is 15.0 Å². The van der Waals surface area contributed by atoms with Crippen molar-refractivity contribution in [3.8, 4) is 11.4 Å². The van der Waals surface area contributed by atoms with E-state index in [1.807, 2.05) is 6.92 Å². The number of piperazine rings is 1. The van der Waals surface area contributed by atoms with Crippen LogP contribution in [0.1, 0.15) is 24.4 Å². The van der Waals surface area contributed by atoms with E-state index in [0.29, 0.717) is 49.0 Å². The lowest BCUT2D eigenvalue weighted by molar-refractivity contribution is 0.124. The molecule has 0 spiro atoms. The lowest BCUT2D eigenvalue weighted by Crippen LogP contribution is -2.49. The Hall–Kier alpha value is -2.33. The predicted molar refractivity (Wildman–Crippen MR) is 115 cm³/mol. The number of benzene rings is 2. The second-order valence-corrected chi connectivity index (χ2v) is 9.78. The van der Waals surface area contributed by atoms with Crippen molar-refractivity contribution in [1.82, 2.24) is 19.3 Å². The lowest BCUT2D eigenvalue weighted by Gasteiger charge is -2.36. The molecule has 0 aliphatic carbocycles. The first-order valence-electron chi connectivity index (χ1n) is 9.86. The summed E-state index contributed by atoms with van der Waals surface area (Å²) in [6, 6.07) is 11.0. The molecule has 7 nitrogen and oxygen atoms in total. The molecule has 10 heteroatoms. The Balaban J connectivity index is 1.44. The minimum Gasteiger partial charge on any atom is -0.337 e. The number of nitrogens with zero attached hydrogens (tertiary/aromatic N) is 4. The van der Waals surface area contributed by atoms with Gasteiger partial charge in [-0.15, -0.1) is 0 Å². The average molecular weight is 465 g/mol. The van der Waals surface area contributed by atoms with Crippen LogP contribution in [-0.4, -0.2) is 53.9 Å². The quantitative estimate of drug-likeness (QED) is 0.569. The van der Waals surface area contributed by atoms with Gasteiger partial charge in [0.1, 0.15) is 10.7 Å². The monoisotopic (exact) mass is 464 g/mol. The van der Waals surface area contributed by atoms with Gasteiger partial charge in [0.05, 0.1) is 11.1 Å². The van der Waals surface area contributed by atoms with Crippen molar-refractivity contribution < 1.29 is 17.3 Å². The van der Waals surface area contributed by atoms with E-state index in [-0.39, 0.29) is 21.8 Å². The first kappa shape index (κ1) is 21.9.